The van der Waals surface area contributed by atoms with Crippen LogP contribution in [0.25, 0.3) is 0 Å². The molecule has 0 fully saturated rings. The Kier molecular flexibility index (Phi) is 8.79. The first-order valence-electron chi connectivity index (χ1n) is 11.6. The lowest BCUT2D eigenvalue weighted by Crippen LogP contribution is -2.47. The maximum atomic E-state index is 13.1. The number of hydrogen-bond acceptors (Lipinski definition) is 8. The monoisotopic (exact) mass is 468 g/mol. The van der Waals surface area contributed by atoms with E-state index in [4.69, 9.17) is 15.2 Å². The molecule has 0 amide bonds. The van der Waals surface area contributed by atoms with Gasteiger partial charge in [0.15, 0.2) is 0 Å². The number of fused-ring (bicyclic) bond motifs is 1. The van der Waals surface area contributed by atoms with Crippen LogP contribution in [-0.4, -0.2) is 53.1 Å². The van der Waals surface area contributed by atoms with E-state index in [0.717, 1.165) is 16.7 Å². The maximum Gasteiger partial charge on any atom is 0.330 e. The average molecular weight is 469 g/mol. The number of aromatic hydroxyl groups is 1. The van der Waals surface area contributed by atoms with Gasteiger partial charge in [-0.15, -0.1) is 0 Å². The molecule has 0 spiro atoms. The summed E-state index contributed by atoms with van der Waals surface area (Å²) >= 11 is 0. The van der Waals surface area contributed by atoms with Crippen LogP contribution in [0.2, 0.25) is 0 Å². The zero-order valence-electron chi connectivity index (χ0n) is 19.6. The molecule has 0 radical (unpaired) electrons. The zero-order valence-corrected chi connectivity index (χ0v) is 19.6. The van der Waals surface area contributed by atoms with Crippen molar-refractivity contribution in [2.45, 2.75) is 57.7 Å². The van der Waals surface area contributed by atoms with Crippen molar-refractivity contribution in [1.29, 1.82) is 0 Å². The standard InChI is InChI=1S/C26H32N2O6/c1-3-33-26(32)23(13-9-18-7-5-4-6-8-18)28(16-24(30)34-25(31)17(2)27)22-14-10-19-15-20(29)11-12-21(19)22/h4-8,11-12,15,17,22-23,29H,3,9-10,13-14,16,27H2,1-2H3/t17-,22?,23?/m0/s1. The summed E-state index contributed by atoms with van der Waals surface area (Å²) in [6.07, 6.45) is 2.35. The third kappa shape index (κ3) is 6.42. The van der Waals surface area contributed by atoms with Gasteiger partial charge in [-0.3, -0.25) is 14.5 Å². The second kappa shape index (κ2) is 11.8. The fraction of sp³-hybridized carbons (Fsp3) is 0.423. The maximum absolute atomic E-state index is 13.1. The Balaban J connectivity index is 1.92. The van der Waals surface area contributed by atoms with Crippen LogP contribution in [0.5, 0.6) is 5.75 Å². The molecule has 1 aliphatic rings. The molecule has 3 atom stereocenters. The van der Waals surface area contributed by atoms with E-state index < -0.39 is 30.0 Å². The molecule has 2 aromatic rings. The average Bonchev–Trinajstić information content (AvgIpc) is 3.22. The number of esters is 3. The minimum atomic E-state index is -0.938. The van der Waals surface area contributed by atoms with Crippen molar-refractivity contribution in [3.8, 4) is 5.75 Å². The number of phenolic OH excluding ortho intramolecular Hbond substituents is 1. The molecule has 8 nitrogen and oxygen atoms in total. The number of aryl methyl sites for hydroxylation is 2. The van der Waals surface area contributed by atoms with Gasteiger partial charge in [-0.2, -0.15) is 0 Å². The molecule has 182 valence electrons. The van der Waals surface area contributed by atoms with E-state index in [0.29, 0.717) is 25.7 Å². The van der Waals surface area contributed by atoms with Gasteiger partial charge < -0.3 is 20.3 Å². The van der Waals surface area contributed by atoms with Crippen molar-refractivity contribution in [2.75, 3.05) is 13.2 Å². The van der Waals surface area contributed by atoms with Gasteiger partial charge in [-0.05, 0) is 68.4 Å². The van der Waals surface area contributed by atoms with Gasteiger partial charge in [0.05, 0.1) is 13.2 Å². The van der Waals surface area contributed by atoms with Crippen LogP contribution in [0.1, 0.15) is 49.4 Å². The fourth-order valence-electron chi connectivity index (χ4n) is 4.36. The quantitative estimate of drug-likeness (QED) is 0.404. The van der Waals surface area contributed by atoms with Crippen molar-refractivity contribution in [3.05, 3.63) is 65.2 Å². The highest BCUT2D eigenvalue weighted by atomic mass is 16.6. The molecular weight excluding hydrogens is 436 g/mol. The Labute approximate surface area is 199 Å². The molecule has 3 rings (SSSR count). The largest absolute Gasteiger partial charge is 0.508 e. The second-order valence-electron chi connectivity index (χ2n) is 8.48. The number of ether oxygens (including phenoxy) is 2. The Morgan fingerprint density at radius 2 is 1.88 bits per heavy atom. The smallest absolute Gasteiger partial charge is 0.330 e. The van der Waals surface area contributed by atoms with E-state index >= 15 is 0 Å². The third-order valence-corrected chi connectivity index (χ3v) is 5.98. The molecule has 0 aliphatic heterocycles. The van der Waals surface area contributed by atoms with E-state index in [9.17, 15) is 19.5 Å². The summed E-state index contributed by atoms with van der Waals surface area (Å²) in [5.41, 5.74) is 8.48. The van der Waals surface area contributed by atoms with E-state index in [1.54, 1.807) is 24.0 Å². The van der Waals surface area contributed by atoms with E-state index in [1.165, 1.54) is 6.92 Å². The molecule has 0 saturated carbocycles. The number of nitrogens with two attached hydrogens (primary N) is 1. The summed E-state index contributed by atoms with van der Waals surface area (Å²) in [4.78, 5) is 39.5. The van der Waals surface area contributed by atoms with Crippen molar-refractivity contribution in [3.63, 3.8) is 0 Å². The van der Waals surface area contributed by atoms with Crippen molar-refractivity contribution < 1.29 is 29.0 Å². The lowest BCUT2D eigenvalue weighted by molar-refractivity contribution is -0.163. The second-order valence-corrected chi connectivity index (χ2v) is 8.48. The lowest BCUT2D eigenvalue weighted by atomic mass is 9.99. The molecule has 34 heavy (non-hydrogen) atoms. The number of benzene rings is 2. The van der Waals surface area contributed by atoms with E-state index in [1.807, 2.05) is 36.4 Å². The summed E-state index contributed by atoms with van der Waals surface area (Å²) < 4.78 is 10.3. The highest BCUT2D eigenvalue weighted by molar-refractivity contribution is 5.89. The summed E-state index contributed by atoms with van der Waals surface area (Å²) in [5.74, 6) is -1.86. The molecule has 0 bridgehead atoms. The van der Waals surface area contributed by atoms with Gasteiger partial charge in [-0.25, -0.2) is 4.79 Å². The minimum absolute atomic E-state index is 0.166. The topological polar surface area (TPSA) is 119 Å². The number of carbonyl (C=O) groups excluding carboxylic acids is 3. The fourth-order valence-corrected chi connectivity index (χ4v) is 4.36. The van der Waals surface area contributed by atoms with Gasteiger partial charge in [0, 0.05) is 6.04 Å². The molecule has 2 unspecified atom stereocenters. The highest BCUT2D eigenvalue weighted by Gasteiger charge is 2.38. The van der Waals surface area contributed by atoms with E-state index in [-0.39, 0.29) is 24.9 Å². The SMILES string of the molecule is CCOC(=O)C(CCc1ccccc1)N(CC(=O)OC(=O)[C@H](C)N)C1CCc2cc(O)ccc21. The minimum Gasteiger partial charge on any atom is -0.508 e. The Morgan fingerprint density at radius 3 is 2.56 bits per heavy atom. The van der Waals surface area contributed by atoms with Crippen LogP contribution < -0.4 is 5.73 Å². The molecule has 1 aliphatic carbocycles. The predicted octanol–water partition coefficient (Wildman–Crippen LogP) is 2.66. The Morgan fingerprint density at radius 1 is 1.15 bits per heavy atom. The molecule has 0 heterocycles. The normalized spacial score (nSPS) is 16.5. The van der Waals surface area contributed by atoms with Crippen LogP contribution in [0, 0.1) is 0 Å². The first-order chi connectivity index (χ1) is 16.3. The van der Waals surface area contributed by atoms with Gasteiger partial charge in [0.1, 0.15) is 17.8 Å². The van der Waals surface area contributed by atoms with Crippen LogP contribution in [0.3, 0.4) is 0 Å². The molecule has 0 saturated heterocycles. The third-order valence-electron chi connectivity index (χ3n) is 5.98. The van der Waals surface area contributed by atoms with Crippen molar-refractivity contribution in [2.24, 2.45) is 5.73 Å². The zero-order chi connectivity index (χ0) is 24.7. The van der Waals surface area contributed by atoms with Gasteiger partial charge in [-0.1, -0.05) is 36.4 Å². The number of rotatable bonds is 10. The first-order valence-corrected chi connectivity index (χ1v) is 11.6. The lowest BCUT2D eigenvalue weighted by Gasteiger charge is -2.34. The number of carbonyl (C=O) groups is 3. The van der Waals surface area contributed by atoms with Crippen LogP contribution in [0.4, 0.5) is 0 Å². The summed E-state index contributed by atoms with van der Waals surface area (Å²) in [5, 5.41) is 9.88. The molecule has 2 aromatic carbocycles. The van der Waals surface area contributed by atoms with Gasteiger partial charge in [0.2, 0.25) is 0 Å². The van der Waals surface area contributed by atoms with Crippen molar-refractivity contribution in [1.82, 2.24) is 4.90 Å². The predicted molar refractivity (Wildman–Crippen MR) is 126 cm³/mol. The molecule has 0 aromatic heterocycles. The summed E-state index contributed by atoms with van der Waals surface area (Å²) in [6.45, 7) is 3.10. The van der Waals surface area contributed by atoms with Gasteiger partial charge >= 0.3 is 17.9 Å². The van der Waals surface area contributed by atoms with Crippen LogP contribution in [0.15, 0.2) is 48.5 Å². The van der Waals surface area contributed by atoms with Gasteiger partial charge in [0.25, 0.3) is 0 Å². The van der Waals surface area contributed by atoms with Crippen LogP contribution in [-0.2, 0) is 36.7 Å². The summed E-state index contributed by atoms with van der Waals surface area (Å²) in [7, 11) is 0. The molecule has 8 heteroatoms. The van der Waals surface area contributed by atoms with Crippen LogP contribution >= 0.6 is 0 Å². The molecule has 3 N–H and O–H groups in total. The number of nitrogens with zero attached hydrogens (tertiary/aromatic N) is 1. The number of hydrogen-bond donors (Lipinski definition) is 2. The summed E-state index contributed by atoms with van der Waals surface area (Å²) in [6, 6.07) is 12.9. The Bertz CT molecular complexity index is 1010. The Hall–Kier alpha value is -3.23. The molecular formula is C26H32N2O6. The first kappa shape index (κ1) is 25.4. The highest BCUT2D eigenvalue weighted by Crippen LogP contribution is 2.39. The van der Waals surface area contributed by atoms with Crippen molar-refractivity contribution >= 4 is 17.9 Å². The van der Waals surface area contributed by atoms with E-state index in [2.05, 4.69) is 0 Å². The number of phenols is 1.